The van der Waals surface area contributed by atoms with Crippen molar-refractivity contribution in [3.8, 4) is 5.82 Å². The van der Waals surface area contributed by atoms with E-state index in [1.54, 1.807) is 26.1 Å². The van der Waals surface area contributed by atoms with Crippen molar-refractivity contribution in [1.82, 2.24) is 24.7 Å². The van der Waals surface area contributed by atoms with E-state index in [9.17, 15) is 17.6 Å². The lowest BCUT2D eigenvalue weighted by Gasteiger charge is -2.12. The first kappa shape index (κ1) is 17.0. The highest BCUT2D eigenvalue weighted by atomic mass is 19.4. The van der Waals surface area contributed by atoms with E-state index in [-0.39, 0.29) is 11.4 Å². The zero-order chi connectivity index (χ0) is 18.2. The molecule has 0 aliphatic rings. The number of aryl methyl sites for hydroxylation is 1. The number of alkyl halides is 3. The third-order valence-electron chi connectivity index (χ3n) is 3.69. The lowest BCUT2D eigenvalue weighted by atomic mass is 9.98. The van der Waals surface area contributed by atoms with Gasteiger partial charge in [-0.2, -0.15) is 13.2 Å². The Morgan fingerprint density at radius 2 is 1.88 bits per heavy atom. The summed E-state index contributed by atoms with van der Waals surface area (Å²) in [6, 6.07) is 4.07. The first-order valence-corrected chi connectivity index (χ1v) is 7.34. The van der Waals surface area contributed by atoms with Gasteiger partial charge in [0.15, 0.2) is 11.6 Å². The fourth-order valence-electron chi connectivity index (χ4n) is 2.35. The van der Waals surface area contributed by atoms with Crippen LogP contribution in [-0.2, 0) is 6.18 Å². The van der Waals surface area contributed by atoms with E-state index in [1.807, 2.05) is 0 Å². The molecule has 3 aromatic rings. The maximum absolute atomic E-state index is 14.1. The Balaban J connectivity index is 1.90. The van der Waals surface area contributed by atoms with Crippen LogP contribution in [0.4, 0.5) is 17.6 Å². The van der Waals surface area contributed by atoms with Gasteiger partial charge in [-0.1, -0.05) is 13.0 Å². The summed E-state index contributed by atoms with van der Waals surface area (Å²) >= 11 is 0. The van der Waals surface area contributed by atoms with Gasteiger partial charge < -0.3 is 0 Å². The zero-order valence-corrected chi connectivity index (χ0v) is 13.3. The smallest absolute Gasteiger partial charge is 0.242 e. The summed E-state index contributed by atoms with van der Waals surface area (Å²) in [7, 11) is 0. The molecule has 25 heavy (non-hydrogen) atoms. The molecule has 1 aromatic carbocycles. The number of benzene rings is 1. The van der Waals surface area contributed by atoms with E-state index >= 15 is 0 Å². The SMILES string of the molecule is Cc1nccc(-n2cnc([C@@H](C)c3ccc(C(F)(F)F)cc3F)n2)n1. The molecule has 0 aliphatic carbocycles. The van der Waals surface area contributed by atoms with Crippen LogP contribution in [0.3, 0.4) is 0 Å². The minimum Gasteiger partial charge on any atom is -0.242 e. The molecule has 5 nitrogen and oxygen atoms in total. The van der Waals surface area contributed by atoms with Crippen LogP contribution in [0.15, 0.2) is 36.8 Å². The highest BCUT2D eigenvalue weighted by molar-refractivity contribution is 5.31. The van der Waals surface area contributed by atoms with Crippen molar-refractivity contribution in [1.29, 1.82) is 0 Å². The quantitative estimate of drug-likeness (QED) is 0.676. The normalized spacial score (nSPS) is 13.0. The van der Waals surface area contributed by atoms with Crippen LogP contribution in [0.1, 0.15) is 35.6 Å². The predicted molar refractivity (Wildman–Crippen MR) is 80.6 cm³/mol. The first-order chi connectivity index (χ1) is 11.8. The Hall–Kier alpha value is -2.84. The van der Waals surface area contributed by atoms with E-state index in [2.05, 4.69) is 20.1 Å². The second kappa shape index (κ2) is 6.23. The highest BCUT2D eigenvalue weighted by Crippen LogP contribution is 2.32. The topological polar surface area (TPSA) is 56.5 Å². The Kier molecular flexibility index (Phi) is 4.23. The second-order valence-electron chi connectivity index (χ2n) is 5.47. The molecule has 2 aromatic heterocycles. The molecular formula is C16H13F4N5. The van der Waals surface area contributed by atoms with E-state index in [4.69, 9.17) is 0 Å². The average molecular weight is 351 g/mol. The maximum atomic E-state index is 14.1. The molecule has 130 valence electrons. The Morgan fingerprint density at radius 3 is 2.52 bits per heavy atom. The largest absolute Gasteiger partial charge is 0.416 e. The summed E-state index contributed by atoms with van der Waals surface area (Å²) < 4.78 is 53.4. The lowest BCUT2D eigenvalue weighted by molar-refractivity contribution is -0.137. The molecule has 2 heterocycles. The van der Waals surface area contributed by atoms with Crippen LogP contribution < -0.4 is 0 Å². The first-order valence-electron chi connectivity index (χ1n) is 7.34. The van der Waals surface area contributed by atoms with Crippen LogP contribution >= 0.6 is 0 Å². The lowest BCUT2D eigenvalue weighted by Crippen LogP contribution is -2.08. The van der Waals surface area contributed by atoms with Gasteiger partial charge in [0, 0.05) is 18.2 Å². The molecule has 0 radical (unpaired) electrons. The van der Waals surface area contributed by atoms with Gasteiger partial charge in [0.2, 0.25) is 0 Å². The number of hydrogen-bond acceptors (Lipinski definition) is 4. The van der Waals surface area contributed by atoms with Gasteiger partial charge in [-0.05, 0) is 24.6 Å². The standard InChI is InChI=1S/C16H13F4N5/c1-9(12-4-3-11(7-13(12)17)16(18,19)20)15-22-8-25(24-15)14-5-6-21-10(2)23-14/h3-9H,1-2H3/t9-/m0/s1. The van der Waals surface area contributed by atoms with Crippen LogP contribution in [0.25, 0.3) is 5.82 Å². The van der Waals surface area contributed by atoms with Crippen molar-refractivity contribution in [3.05, 3.63) is 65.4 Å². The van der Waals surface area contributed by atoms with Gasteiger partial charge in [-0.3, -0.25) is 0 Å². The molecule has 3 rings (SSSR count). The zero-order valence-electron chi connectivity index (χ0n) is 13.3. The molecule has 0 amide bonds. The summed E-state index contributed by atoms with van der Waals surface area (Å²) in [6.45, 7) is 3.35. The summed E-state index contributed by atoms with van der Waals surface area (Å²) in [5.41, 5.74) is -0.944. The van der Waals surface area contributed by atoms with Crippen LogP contribution in [0.5, 0.6) is 0 Å². The maximum Gasteiger partial charge on any atom is 0.416 e. The summed E-state index contributed by atoms with van der Waals surface area (Å²) in [5, 5.41) is 4.24. The van der Waals surface area contributed by atoms with Gasteiger partial charge in [0.05, 0.1) is 5.56 Å². The second-order valence-corrected chi connectivity index (χ2v) is 5.47. The van der Waals surface area contributed by atoms with Crippen molar-refractivity contribution in [3.63, 3.8) is 0 Å². The highest BCUT2D eigenvalue weighted by Gasteiger charge is 2.31. The Morgan fingerprint density at radius 1 is 1.12 bits per heavy atom. The van der Waals surface area contributed by atoms with Crippen LogP contribution in [-0.4, -0.2) is 24.7 Å². The van der Waals surface area contributed by atoms with Crippen molar-refractivity contribution in [2.45, 2.75) is 25.9 Å². The number of hydrogen-bond donors (Lipinski definition) is 0. The molecule has 9 heteroatoms. The van der Waals surface area contributed by atoms with Gasteiger partial charge in [0.25, 0.3) is 0 Å². The van der Waals surface area contributed by atoms with Crippen molar-refractivity contribution in [2.75, 3.05) is 0 Å². The fourth-order valence-corrected chi connectivity index (χ4v) is 2.35. The molecule has 1 atom stereocenters. The third-order valence-corrected chi connectivity index (χ3v) is 3.69. The molecule has 0 bridgehead atoms. The number of rotatable bonds is 3. The van der Waals surface area contributed by atoms with E-state index in [0.717, 1.165) is 12.1 Å². The van der Waals surface area contributed by atoms with Crippen molar-refractivity contribution in [2.24, 2.45) is 0 Å². The van der Waals surface area contributed by atoms with E-state index in [0.29, 0.717) is 17.7 Å². The minimum atomic E-state index is -4.59. The molecule has 0 fully saturated rings. The molecule has 0 aliphatic heterocycles. The molecule has 0 unspecified atom stereocenters. The van der Waals surface area contributed by atoms with E-state index < -0.39 is 23.5 Å². The number of nitrogens with zero attached hydrogens (tertiary/aromatic N) is 5. The van der Waals surface area contributed by atoms with Gasteiger partial charge in [-0.25, -0.2) is 24.0 Å². The summed E-state index contributed by atoms with van der Waals surface area (Å²) in [4.78, 5) is 12.3. The van der Waals surface area contributed by atoms with Crippen molar-refractivity contribution < 1.29 is 17.6 Å². The molecule has 0 saturated heterocycles. The Bertz CT molecular complexity index is 904. The molecule has 0 N–H and O–H groups in total. The van der Waals surface area contributed by atoms with Crippen molar-refractivity contribution >= 4 is 0 Å². The van der Waals surface area contributed by atoms with Gasteiger partial charge >= 0.3 is 6.18 Å². The van der Waals surface area contributed by atoms with Crippen LogP contribution in [0, 0.1) is 12.7 Å². The van der Waals surface area contributed by atoms with E-state index in [1.165, 1.54) is 11.0 Å². The molecule has 0 saturated carbocycles. The van der Waals surface area contributed by atoms with Gasteiger partial charge in [0.1, 0.15) is 18.0 Å². The monoisotopic (exact) mass is 351 g/mol. The third kappa shape index (κ3) is 3.49. The predicted octanol–water partition coefficient (Wildman–Crippen LogP) is 3.68. The minimum absolute atomic E-state index is 0.0876. The summed E-state index contributed by atoms with van der Waals surface area (Å²) in [6.07, 6.45) is -1.61. The van der Waals surface area contributed by atoms with Crippen LogP contribution in [0.2, 0.25) is 0 Å². The number of halogens is 4. The summed E-state index contributed by atoms with van der Waals surface area (Å²) in [5.74, 6) is -0.249. The average Bonchev–Trinajstić information content (AvgIpc) is 3.03. The molecule has 0 spiro atoms. The number of aromatic nitrogens is 5. The Labute approximate surface area is 140 Å². The molecular weight excluding hydrogens is 338 g/mol. The fraction of sp³-hybridized carbons (Fsp3) is 0.250. The van der Waals surface area contributed by atoms with Gasteiger partial charge in [-0.15, -0.1) is 5.10 Å².